The van der Waals surface area contributed by atoms with Crippen molar-refractivity contribution in [2.24, 2.45) is 29.1 Å². The number of amides is 4. The second kappa shape index (κ2) is 10.5. The maximum absolute atomic E-state index is 14.4. The van der Waals surface area contributed by atoms with Gasteiger partial charge in [-0.25, -0.2) is 9.29 Å². The van der Waals surface area contributed by atoms with Crippen LogP contribution < -0.4 is 4.90 Å². The topological polar surface area (TPSA) is 115 Å². The van der Waals surface area contributed by atoms with Crippen LogP contribution in [0.3, 0.4) is 0 Å². The van der Waals surface area contributed by atoms with E-state index in [2.05, 4.69) is 0 Å². The molecule has 1 saturated carbocycles. The lowest BCUT2D eigenvalue weighted by atomic mass is 9.51. The van der Waals surface area contributed by atoms with Crippen LogP contribution in [-0.2, 0) is 25.6 Å². The third-order valence-corrected chi connectivity index (χ3v) is 10.6. The maximum Gasteiger partial charge on any atom is 0.241 e. The van der Waals surface area contributed by atoms with E-state index in [0.717, 1.165) is 22.1 Å². The van der Waals surface area contributed by atoms with Crippen LogP contribution in [0, 0.1) is 34.9 Å². The second-order valence-corrected chi connectivity index (χ2v) is 13.0. The Bertz CT molecular complexity index is 1790. The zero-order valence-electron chi connectivity index (χ0n) is 24.3. The molecule has 2 heterocycles. The van der Waals surface area contributed by atoms with Crippen LogP contribution in [0.5, 0.6) is 11.5 Å². The first-order valence-corrected chi connectivity index (χ1v) is 15.3. The summed E-state index contributed by atoms with van der Waals surface area (Å²) in [6.07, 6.45) is 2.92. The SMILES string of the molecule is C[C@@]12C(=O)N(c3ccc(F)c(Cl)c3)C(=O)[C@@H]1C[C@@H]1C(=CC[C@@H]3C(=O)N(CCc4ccc(O)cc4)C(=O)[C@@H]31)[C@@H]2c1ccc(O)cc1. The van der Waals surface area contributed by atoms with Crippen molar-refractivity contribution in [3.8, 4) is 11.5 Å². The highest BCUT2D eigenvalue weighted by Gasteiger charge is 2.67. The molecule has 230 valence electrons. The first-order valence-electron chi connectivity index (χ1n) is 15.0. The standard InChI is InChI=1S/C35H30ClFN2O6/c1-35-26(32(43)39(34(35)45)20-6-13-28(37)27(36)16-20)17-25-23(30(35)19-4-9-22(41)10-5-19)11-12-24-29(25)33(44)38(31(24)42)15-14-18-2-7-21(40)8-3-18/h2-11,13,16,24-26,29-30,40-41H,12,14-15,17H2,1H3/t24-,25+,26-,29-,30-,35+/m0/s1. The lowest BCUT2D eigenvalue weighted by Crippen LogP contribution is -2.48. The minimum Gasteiger partial charge on any atom is -0.508 e. The van der Waals surface area contributed by atoms with E-state index in [-0.39, 0.29) is 47.0 Å². The Labute approximate surface area is 263 Å². The van der Waals surface area contributed by atoms with E-state index in [1.54, 1.807) is 43.3 Å². The number of allylic oxidation sites excluding steroid dienone is 2. The monoisotopic (exact) mass is 628 g/mol. The maximum atomic E-state index is 14.4. The Morgan fingerprint density at radius 2 is 1.56 bits per heavy atom. The first-order chi connectivity index (χ1) is 21.5. The van der Waals surface area contributed by atoms with Gasteiger partial charge in [0.05, 0.1) is 33.9 Å². The molecule has 4 aliphatic rings. The van der Waals surface area contributed by atoms with Gasteiger partial charge in [0.2, 0.25) is 23.6 Å². The van der Waals surface area contributed by atoms with Crippen LogP contribution in [0.2, 0.25) is 5.02 Å². The van der Waals surface area contributed by atoms with E-state index in [9.17, 15) is 33.8 Å². The largest absolute Gasteiger partial charge is 0.508 e. The molecule has 4 amide bonds. The molecule has 0 bridgehead atoms. The average Bonchev–Trinajstić information content (AvgIpc) is 3.38. The van der Waals surface area contributed by atoms with E-state index in [1.807, 2.05) is 6.08 Å². The molecule has 3 aromatic rings. The molecular formula is C35H30ClFN2O6. The highest BCUT2D eigenvalue weighted by molar-refractivity contribution is 6.31. The zero-order valence-corrected chi connectivity index (χ0v) is 25.1. The van der Waals surface area contributed by atoms with Crippen molar-refractivity contribution in [2.45, 2.75) is 32.1 Å². The molecule has 3 aromatic carbocycles. The molecule has 0 spiro atoms. The Hall–Kier alpha value is -4.50. The van der Waals surface area contributed by atoms with E-state index >= 15 is 0 Å². The van der Waals surface area contributed by atoms with E-state index in [1.165, 1.54) is 29.2 Å². The number of carbonyl (C=O) groups is 4. The Morgan fingerprint density at radius 1 is 0.889 bits per heavy atom. The van der Waals surface area contributed by atoms with Crippen LogP contribution in [0.15, 0.2) is 78.4 Å². The summed E-state index contributed by atoms with van der Waals surface area (Å²) in [6, 6.07) is 16.8. The number of phenols is 2. The molecule has 2 N–H and O–H groups in total. The van der Waals surface area contributed by atoms with E-state index in [0.29, 0.717) is 18.4 Å². The number of nitrogens with zero attached hydrogens (tertiary/aromatic N) is 2. The molecule has 6 atom stereocenters. The van der Waals surface area contributed by atoms with E-state index in [4.69, 9.17) is 11.6 Å². The third-order valence-electron chi connectivity index (χ3n) is 10.3. The molecule has 10 heteroatoms. The molecular weight excluding hydrogens is 599 g/mol. The predicted octanol–water partition coefficient (Wildman–Crippen LogP) is 5.36. The molecule has 3 fully saturated rings. The number of anilines is 1. The number of fused-ring (bicyclic) bond motifs is 4. The van der Waals surface area contributed by atoms with Gasteiger partial charge in [-0.15, -0.1) is 0 Å². The van der Waals surface area contributed by atoms with Gasteiger partial charge >= 0.3 is 0 Å². The molecule has 0 aromatic heterocycles. The minimum absolute atomic E-state index is 0.0442. The van der Waals surface area contributed by atoms with Crippen molar-refractivity contribution in [3.05, 3.63) is 100 Å². The summed E-state index contributed by atoms with van der Waals surface area (Å²) in [5, 5.41) is 19.4. The highest BCUT2D eigenvalue weighted by atomic mass is 35.5. The highest BCUT2D eigenvalue weighted by Crippen LogP contribution is 2.63. The molecule has 0 unspecified atom stereocenters. The predicted molar refractivity (Wildman–Crippen MR) is 163 cm³/mol. The summed E-state index contributed by atoms with van der Waals surface area (Å²) < 4.78 is 14.0. The van der Waals surface area contributed by atoms with Gasteiger partial charge in [0, 0.05) is 12.5 Å². The number of hydrogen-bond acceptors (Lipinski definition) is 6. The Kier molecular flexibility index (Phi) is 6.85. The zero-order chi connectivity index (χ0) is 31.8. The smallest absolute Gasteiger partial charge is 0.241 e. The van der Waals surface area contributed by atoms with Gasteiger partial charge in [0.25, 0.3) is 0 Å². The molecule has 2 aliphatic heterocycles. The molecule has 7 rings (SSSR count). The molecule has 45 heavy (non-hydrogen) atoms. The van der Waals surface area contributed by atoms with Gasteiger partial charge in [-0.3, -0.25) is 24.1 Å². The fourth-order valence-electron chi connectivity index (χ4n) is 8.12. The Morgan fingerprint density at radius 3 is 2.22 bits per heavy atom. The van der Waals surface area contributed by atoms with Crippen molar-refractivity contribution in [3.63, 3.8) is 0 Å². The molecule has 2 aliphatic carbocycles. The number of benzene rings is 3. The van der Waals surface area contributed by atoms with Crippen LogP contribution in [-0.4, -0.2) is 45.3 Å². The van der Waals surface area contributed by atoms with E-state index < -0.39 is 52.6 Å². The lowest BCUT2D eigenvalue weighted by molar-refractivity contribution is -0.140. The quantitative estimate of drug-likeness (QED) is 0.290. The van der Waals surface area contributed by atoms with Gasteiger partial charge in [0.1, 0.15) is 17.3 Å². The lowest BCUT2D eigenvalue weighted by Gasteiger charge is -2.49. The van der Waals surface area contributed by atoms with Gasteiger partial charge in [0.15, 0.2) is 0 Å². The fourth-order valence-corrected chi connectivity index (χ4v) is 8.30. The average molecular weight is 629 g/mol. The van der Waals surface area contributed by atoms with Crippen molar-refractivity contribution in [1.82, 2.24) is 4.90 Å². The number of likely N-dealkylation sites (tertiary alicyclic amines) is 1. The van der Waals surface area contributed by atoms with Crippen LogP contribution in [0.1, 0.15) is 36.8 Å². The normalized spacial score (nSPS) is 29.0. The first kappa shape index (κ1) is 29.2. The van der Waals surface area contributed by atoms with Gasteiger partial charge in [-0.2, -0.15) is 0 Å². The summed E-state index contributed by atoms with van der Waals surface area (Å²) in [6.45, 7) is 1.95. The van der Waals surface area contributed by atoms with Gasteiger partial charge < -0.3 is 10.2 Å². The van der Waals surface area contributed by atoms with Crippen molar-refractivity contribution >= 4 is 40.9 Å². The van der Waals surface area contributed by atoms with Crippen LogP contribution in [0.4, 0.5) is 10.1 Å². The minimum atomic E-state index is -1.26. The Balaban J connectivity index is 1.28. The summed E-state index contributed by atoms with van der Waals surface area (Å²) in [5.74, 6) is -5.12. The van der Waals surface area contributed by atoms with Crippen LogP contribution >= 0.6 is 11.6 Å². The molecule has 2 saturated heterocycles. The molecule has 0 radical (unpaired) electrons. The van der Waals surface area contributed by atoms with Gasteiger partial charge in [-0.05, 0) is 85.7 Å². The molecule has 8 nitrogen and oxygen atoms in total. The third kappa shape index (κ3) is 4.39. The number of imide groups is 2. The van der Waals surface area contributed by atoms with Crippen LogP contribution in [0.25, 0.3) is 0 Å². The summed E-state index contributed by atoms with van der Waals surface area (Å²) in [5.41, 5.74) is 1.32. The van der Waals surface area contributed by atoms with Crippen molar-refractivity contribution < 1.29 is 33.8 Å². The number of hydrogen-bond donors (Lipinski definition) is 2. The number of phenolic OH excluding ortho intramolecular Hbond substituents is 2. The summed E-state index contributed by atoms with van der Waals surface area (Å²) in [4.78, 5) is 58.6. The summed E-state index contributed by atoms with van der Waals surface area (Å²) in [7, 11) is 0. The number of halogens is 2. The van der Waals surface area contributed by atoms with Crippen molar-refractivity contribution in [2.75, 3.05) is 11.4 Å². The van der Waals surface area contributed by atoms with Crippen molar-refractivity contribution in [1.29, 1.82) is 0 Å². The summed E-state index contributed by atoms with van der Waals surface area (Å²) >= 11 is 6.05. The number of aromatic hydroxyl groups is 2. The van der Waals surface area contributed by atoms with Gasteiger partial charge in [-0.1, -0.05) is 47.5 Å². The second-order valence-electron chi connectivity index (χ2n) is 12.6. The fraction of sp³-hybridized carbons (Fsp3) is 0.314. The number of rotatable bonds is 5. The number of carbonyl (C=O) groups excluding carboxylic acids is 4.